The molecule has 0 saturated heterocycles. The van der Waals surface area contributed by atoms with E-state index in [4.69, 9.17) is 5.73 Å². The number of nitrogens with zero attached hydrogens (tertiary/aromatic N) is 2. The van der Waals surface area contributed by atoms with Gasteiger partial charge in [-0.25, -0.2) is 9.97 Å². The molecule has 0 aliphatic rings. The maximum absolute atomic E-state index is 5.28. The van der Waals surface area contributed by atoms with Gasteiger partial charge in [0, 0.05) is 6.20 Å². The molecule has 1 rings (SSSR count). The first-order chi connectivity index (χ1) is 4.20. The Morgan fingerprint density at radius 1 is 1.67 bits per heavy atom. The Morgan fingerprint density at radius 3 is 2.78 bits per heavy atom. The highest BCUT2D eigenvalue weighted by Crippen LogP contribution is 2.14. The molecule has 9 heavy (non-hydrogen) atoms. The molecule has 0 aliphatic carbocycles. The molecule has 1 aromatic rings. The molecule has 0 unspecified atom stereocenters. The van der Waals surface area contributed by atoms with Crippen LogP contribution in [0.3, 0.4) is 0 Å². The van der Waals surface area contributed by atoms with Crippen molar-refractivity contribution in [2.75, 3.05) is 5.73 Å². The molecule has 0 aromatic carbocycles. The van der Waals surface area contributed by atoms with Crippen molar-refractivity contribution >= 4 is 44.5 Å². The highest BCUT2D eigenvalue weighted by atomic mass is 127. The number of rotatable bonds is 0. The lowest BCUT2D eigenvalue weighted by atomic mass is 10.7. The molecular formula is C4H3BrIN3. The minimum Gasteiger partial charge on any atom is -0.368 e. The van der Waals surface area contributed by atoms with E-state index in [-0.39, 0.29) is 0 Å². The van der Waals surface area contributed by atoms with Crippen LogP contribution in [0.25, 0.3) is 0 Å². The molecule has 0 amide bonds. The van der Waals surface area contributed by atoms with Gasteiger partial charge in [0.05, 0.1) is 4.47 Å². The molecule has 1 heterocycles. The Labute approximate surface area is 74.3 Å². The van der Waals surface area contributed by atoms with Crippen LogP contribution >= 0.6 is 38.5 Å². The summed E-state index contributed by atoms with van der Waals surface area (Å²) in [6, 6.07) is 0. The molecule has 2 N–H and O–H groups in total. The fourth-order valence-electron chi connectivity index (χ4n) is 0.359. The SMILES string of the molecule is Nc1ncc(Br)c(I)n1. The van der Waals surface area contributed by atoms with Gasteiger partial charge in [0.15, 0.2) is 0 Å². The lowest BCUT2D eigenvalue weighted by Crippen LogP contribution is -1.95. The van der Waals surface area contributed by atoms with Crippen LogP contribution in [0.4, 0.5) is 5.95 Å². The second kappa shape index (κ2) is 2.78. The summed E-state index contributed by atoms with van der Waals surface area (Å²) >= 11 is 5.31. The molecular weight excluding hydrogens is 297 g/mol. The smallest absolute Gasteiger partial charge is 0.221 e. The minimum absolute atomic E-state index is 0.308. The summed E-state index contributed by atoms with van der Waals surface area (Å²) in [5, 5.41) is 0. The summed E-state index contributed by atoms with van der Waals surface area (Å²) in [7, 11) is 0. The van der Waals surface area contributed by atoms with Crippen molar-refractivity contribution in [3.8, 4) is 0 Å². The van der Waals surface area contributed by atoms with Crippen molar-refractivity contribution in [2.45, 2.75) is 0 Å². The first kappa shape index (κ1) is 7.20. The average molecular weight is 300 g/mol. The summed E-state index contributed by atoms with van der Waals surface area (Å²) in [4.78, 5) is 7.63. The van der Waals surface area contributed by atoms with Crippen molar-refractivity contribution in [3.05, 3.63) is 14.4 Å². The van der Waals surface area contributed by atoms with Crippen LogP contribution in [0.15, 0.2) is 10.7 Å². The fraction of sp³-hybridized carbons (Fsp3) is 0. The largest absolute Gasteiger partial charge is 0.368 e. The first-order valence-corrected chi connectivity index (χ1v) is 4.01. The molecule has 5 heteroatoms. The van der Waals surface area contributed by atoms with Gasteiger partial charge in [-0.3, -0.25) is 0 Å². The highest BCUT2D eigenvalue weighted by molar-refractivity contribution is 14.1. The molecule has 3 nitrogen and oxygen atoms in total. The lowest BCUT2D eigenvalue weighted by Gasteiger charge is -1.93. The quantitative estimate of drug-likeness (QED) is 0.582. The van der Waals surface area contributed by atoms with E-state index >= 15 is 0 Å². The Balaban J connectivity index is 3.17. The third-order valence-corrected chi connectivity index (χ3v) is 2.86. The van der Waals surface area contributed by atoms with Gasteiger partial charge in [-0.2, -0.15) is 0 Å². The van der Waals surface area contributed by atoms with E-state index in [0.29, 0.717) is 5.95 Å². The average Bonchev–Trinajstić information content (AvgIpc) is 1.80. The summed E-state index contributed by atoms with van der Waals surface area (Å²) in [5.74, 6) is 0.308. The molecule has 0 atom stereocenters. The summed E-state index contributed by atoms with van der Waals surface area (Å²) in [6.07, 6.45) is 1.63. The second-order valence-corrected chi connectivity index (χ2v) is 3.24. The molecule has 0 bridgehead atoms. The number of anilines is 1. The number of aromatic nitrogens is 2. The normalized spacial score (nSPS) is 9.56. The van der Waals surface area contributed by atoms with E-state index in [2.05, 4.69) is 48.5 Å². The minimum atomic E-state index is 0.308. The highest BCUT2D eigenvalue weighted by Gasteiger charge is 1.96. The van der Waals surface area contributed by atoms with Crippen molar-refractivity contribution in [1.82, 2.24) is 9.97 Å². The molecule has 0 aliphatic heterocycles. The third-order valence-electron chi connectivity index (χ3n) is 0.720. The molecule has 48 valence electrons. The van der Waals surface area contributed by atoms with Gasteiger partial charge in [-0.05, 0) is 38.5 Å². The zero-order chi connectivity index (χ0) is 6.85. The second-order valence-electron chi connectivity index (χ2n) is 1.37. The summed E-state index contributed by atoms with van der Waals surface area (Å²) in [5.41, 5.74) is 5.28. The van der Waals surface area contributed by atoms with E-state index in [0.717, 1.165) is 8.17 Å². The standard InChI is InChI=1S/C4H3BrIN3/c5-2-1-8-4(7)9-3(2)6/h1H,(H2,7,8,9). The topological polar surface area (TPSA) is 51.8 Å². The number of hydrogen-bond acceptors (Lipinski definition) is 3. The number of halogens is 2. The van der Waals surface area contributed by atoms with Gasteiger partial charge in [0.25, 0.3) is 0 Å². The first-order valence-electron chi connectivity index (χ1n) is 2.13. The van der Waals surface area contributed by atoms with Gasteiger partial charge in [0.2, 0.25) is 5.95 Å². The molecule has 0 spiro atoms. The molecule has 0 saturated carbocycles. The van der Waals surface area contributed by atoms with Crippen molar-refractivity contribution < 1.29 is 0 Å². The summed E-state index contributed by atoms with van der Waals surface area (Å²) in [6.45, 7) is 0. The van der Waals surface area contributed by atoms with Crippen LogP contribution < -0.4 is 5.73 Å². The predicted octanol–water partition coefficient (Wildman–Crippen LogP) is 1.43. The molecule has 0 radical (unpaired) electrons. The van der Waals surface area contributed by atoms with E-state index in [9.17, 15) is 0 Å². The molecule has 1 aromatic heterocycles. The van der Waals surface area contributed by atoms with Gasteiger partial charge >= 0.3 is 0 Å². The van der Waals surface area contributed by atoms with Crippen LogP contribution in [0, 0.1) is 3.70 Å². The van der Waals surface area contributed by atoms with Crippen LogP contribution in [0.1, 0.15) is 0 Å². The van der Waals surface area contributed by atoms with E-state index in [1.54, 1.807) is 6.20 Å². The zero-order valence-corrected chi connectivity index (χ0v) is 8.05. The van der Waals surface area contributed by atoms with Gasteiger partial charge in [-0.15, -0.1) is 0 Å². The fourth-order valence-corrected chi connectivity index (χ4v) is 0.936. The monoisotopic (exact) mass is 299 g/mol. The Kier molecular flexibility index (Phi) is 2.23. The van der Waals surface area contributed by atoms with Crippen molar-refractivity contribution in [3.63, 3.8) is 0 Å². The number of hydrogen-bond donors (Lipinski definition) is 1. The maximum Gasteiger partial charge on any atom is 0.221 e. The van der Waals surface area contributed by atoms with E-state index < -0.39 is 0 Å². The Hall–Kier alpha value is 0.0900. The Morgan fingerprint density at radius 2 is 2.33 bits per heavy atom. The van der Waals surface area contributed by atoms with Gasteiger partial charge < -0.3 is 5.73 Å². The Bertz CT molecular complexity index is 227. The van der Waals surface area contributed by atoms with Crippen molar-refractivity contribution in [1.29, 1.82) is 0 Å². The van der Waals surface area contributed by atoms with E-state index in [1.165, 1.54) is 0 Å². The summed E-state index contributed by atoms with van der Waals surface area (Å²) < 4.78 is 1.71. The predicted molar refractivity (Wildman–Crippen MR) is 46.9 cm³/mol. The zero-order valence-electron chi connectivity index (χ0n) is 4.31. The van der Waals surface area contributed by atoms with Crippen LogP contribution in [-0.4, -0.2) is 9.97 Å². The van der Waals surface area contributed by atoms with Crippen LogP contribution in [0.5, 0.6) is 0 Å². The van der Waals surface area contributed by atoms with Crippen molar-refractivity contribution in [2.24, 2.45) is 0 Å². The van der Waals surface area contributed by atoms with E-state index in [1.807, 2.05) is 0 Å². The lowest BCUT2D eigenvalue weighted by molar-refractivity contribution is 1.14. The van der Waals surface area contributed by atoms with Crippen LogP contribution in [0.2, 0.25) is 0 Å². The van der Waals surface area contributed by atoms with Crippen LogP contribution in [-0.2, 0) is 0 Å². The molecule has 0 fully saturated rings. The van der Waals surface area contributed by atoms with Gasteiger partial charge in [-0.1, -0.05) is 0 Å². The van der Waals surface area contributed by atoms with Gasteiger partial charge in [0.1, 0.15) is 3.70 Å². The number of nitrogen functional groups attached to an aromatic ring is 1. The number of nitrogens with two attached hydrogens (primary N) is 1. The third kappa shape index (κ3) is 1.75. The maximum atomic E-state index is 5.28.